The molecule has 1 amide bonds. The van der Waals surface area contributed by atoms with Crippen LogP contribution in [-0.4, -0.2) is 32.2 Å². The number of nitrogens with one attached hydrogen (secondary N) is 2. The second-order valence-corrected chi connectivity index (χ2v) is 4.19. The number of nitrogens with zero attached hydrogens (tertiary/aromatic N) is 1. The topological polar surface area (TPSA) is 74.2 Å². The molecular formula is C14H19N3O2. The number of methoxy groups -OCH3 is 1. The van der Waals surface area contributed by atoms with Crippen LogP contribution in [0.1, 0.15) is 18.9 Å². The maximum atomic E-state index is 11.8. The van der Waals surface area contributed by atoms with E-state index in [0.717, 1.165) is 12.1 Å². The maximum Gasteiger partial charge on any atom is 0.242 e. The predicted molar refractivity (Wildman–Crippen MR) is 73.7 cm³/mol. The van der Waals surface area contributed by atoms with Gasteiger partial charge in [-0.2, -0.15) is 5.26 Å². The van der Waals surface area contributed by atoms with Crippen molar-refractivity contribution in [3.8, 4) is 6.07 Å². The number of benzene rings is 1. The number of carbonyl (C=O) groups excluding carboxylic acids is 1. The quantitative estimate of drug-likeness (QED) is 0.730. The molecule has 0 aliphatic carbocycles. The van der Waals surface area contributed by atoms with Crippen molar-refractivity contribution in [1.29, 1.82) is 5.26 Å². The summed E-state index contributed by atoms with van der Waals surface area (Å²) in [7, 11) is 1.64. The van der Waals surface area contributed by atoms with Gasteiger partial charge in [0.2, 0.25) is 5.91 Å². The van der Waals surface area contributed by atoms with Crippen LogP contribution < -0.4 is 10.6 Å². The molecule has 1 rings (SSSR count). The van der Waals surface area contributed by atoms with E-state index in [2.05, 4.69) is 16.7 Å². The van der Waals surface area contributed by atoms with Crippen molar-refractivity contribution in [2.24, 2.45) is 0 Å². The Bertz CT molecular complexity index is 437. The minimum atomic E-state index is -0.324. The van der Waals surface area contributed by atoms with E-state index in [1.807, 2.05) is 0 Å². The lowest BCUT2D eigenvalue weighted by atomic mass is 10.2. The molecule has 0 fully saturated rings. The van der Waals surface area contributed by atoms with Crippen molar-refractivity contribution < 1.29 is 9.53 Å². The summed E-state index contributed by atoms with van der Waals surface area (Å²) in [5, 5.41) is 14.6. The highest BCUT2D eigenvalue weighted by atomic mass is 16.5. The molecule has 0 saturated carbocycles. The average Bonchev–Trinajstić information content (AvgIpc) is 2.44. The fourth-order valence-corrected chi connectivity index (χ4v) is 1.54. The Morgan fingerprint density at radius 2 is 2.11 bits per heavy atom. The molecule has 1 aromatic carbocycles. The van der Waals surface area contributed by atoms with E-state index in [1.165, 1.54) is 0 Å². The average molecular weight is 261 g/mol. The lowest BCUT2D eigenvalue weighted by molar-refractivity contribution is -0.121. The zero-order chi connectivity index (χ0) is 14.1. The Morgan fingerprint density at radius 3 is 2.68 bits per heavy atom. The molecule has 0 aromatic heterocycles. The van der Waals surface area contributed by atoms with Gasteiger partial charge in [-0.3, -0.25) is 4.79 Å². The third kappa shape index (κ3) is 5.40. The molecule has 0 bridgehead atoms. The van der Waals surface area contributed by atoms with Gasteiger partial charge in [-0.05, 0) is 37.6 Å². The van der Waals surface area contributed by atoms with Crippen LogP contribution in [0.5, 0.6) is 0 Å². The number of nitriles is 1. The molecule has 5 nitrogen and oxygen atoms in total. The van der Waals surface area contributed by atoms with Crippen molar-refractivity contribution in [3.05, 3.63) is 29.8 Å². The fourth-order valence-electron chi connectivity index (χ4n) is 1.54. The fraction of sp³-hybridized carbons (Fsp3) is 0.429. The molecule has 0 spiro atoms. The highest BCUT2D eigenvalue weighted by molar-refractivity contribution is 5.84. The van der Waals surface area contributed by atoms with Gasteiger partial charge in [-0.15, -0.1) is 0 Å². The van der Waals surface area contributed by atoms with Crippen LogP contribution in [-0.2, 0) is 9.53 Å². The molecule has 0 aliphatic rings. The number of amides is 1. The molecular weight excluding hydrogens is 242 g/mol. The second kappa shape index (κ2) is 8.11. The van der Waals surface area contributed by atoms with Crippen LogP contribution in [0.3, 0.4) is 0 Å². The number of carbonyl (C=O) groups is 1. The van der Waals surface area contributed by atoms with Gasteiger partial charge in [0.25, 0.3) is 0 Å². The summed E-state index contributed by atoms with van der Waals surface area (Å²) < 4.78 is 4.91. The van der Waals surface area contributed by atoms with Gasteiger partial charge in [-0.1, -0.05) is 0 Å². The standard InChI is InChI=1S/C14H19N3O2/c1-11(14(18)16-8-3-9-19-2)17-13-6-4-12(10-15)5-7-13/h4-7,11,17H,3,8-9H2,1-2H3,(H,16,18). The molecule has 19 heavy (non-hydrogen) atoms. The summed E-state index contributed by atoms with van der Waals surface area (Å²) in [5.41, 5.74) is 1.42. The van der Waals surface area contributed by atoms with E-state index < -0.39 is 0 Å². The van der Waals surface area contributed by atoms with Gasteiger partial charge >= 0.3 is 0 Å². The van der Waals surface area contributed by atoms with E-state index in [9.17, 15) is 4.79 Å². The molecule has 1 atom stereocenters. The third-order valence-electron chi connectivity index (χ3n) is 2.61. The number of ether oxygens (including phenoxy) is 1. The lowest BCUT2D eigenvalue weighted by Crippen LogP contribution is -2.38. The molecule has 0 saturated heterocycles. The van der Waals surface area contributed by atoms with Crippen LogP contribution in [0.25, 0.3) is 0 Å². The molecule has 1 unspecified atom stereocenters. The van der Waals surface area contributed by atoms with Gasteiger partial charge in [0.05, 0.1) is 11.6 Å². The van der Waals surface area contributed by atoms with Crippen LogP contribution >= 0.6 is 0 Å². The monoisotopic (exact) mass is 261 g/mol. The molecule has 0 radical (unpaired) electrons. The highest BCUT2D eigenvalue weighted by Gasteiger charge is 2.11. The van der Waals surface area contributed by atoms with E-state index in [0.29, 0.717) is 18.7 Å². The number of hydrogen-bond acceptors (Lipinski definition) is 4. The second-order valence-electron chi connectivity index (χ2n) is 4.19. The van der Waals surface area contributed by atoms with Gasteiger partial charge in [0.1, 0.15) is 6.04 Å². The highest BCUT2D eigenvalue weighted by Crippen LogP contribution is 2.10. The first-order chi connectivity index (χ1) is 9.17. The summed E-state index contributed by atoms with van der Waals surface area (Å²) in [6.45, 7) is 3.04. The Balaban J connectivity index is 2.38. The van der Waals surface area contributed by atoms with E-state index >= 15 is 0 Å². The number of anilines is 1. The van der Waals surface area contributed by atoms with Gasteiger partial charge in [0, 0.05) is 25.9 Å². The van der Waals surface area contributed by atoms with Crippen molar-refractivity contribution in [2.75, 3.05) is 25.6 Å². The van der Waals surface area contributed by atoms with Crippen LogP contribution in [0.2, 0.25) is 0 Å². The molecule has 1 aromatic rings. The van der Waals surface area contributed by atoms with Crippen molar-refractivity contribution >= 4 is 11.6 Å². The number of hydrogen-bond donors (Lipinski definition) is 2. The Morgan fingerprint density at radius 1 is 1.42 bits per heavy atom. The van der Waals surface area contributed by atoms with Crippen LogP contribution in [0.4, 0.5) is 5.69 Å². The zero-order valence-corrected chi connectivity index (χ0v) is 11.3. The van der Waals surface area contributed by atoms with Gasteiger partial charge < -0.3 is 15.4 Å². The van der Waals surface area contributed by atoms with Crippen molar-refractivity contribution in [1.82, 2.24) is 5.32 Å². The van der Waals surface area contributed by atoms with E-state index in [-0.39, 0.29) is 11.9 Å². The summed E-state index contributed by atoms with van der Waals surface area (Å²) in [6, 6.07) is 8.73. The molecule has 5 heteroatoms. The molecule has 0 heterocycles. The summed E-state index contributed by atoms with van der Waals surface area (Å²) in [6.07, 6.45) is 0.797. The van der Waals surface area contributed by atoms with Crippen molar-refractivity contribution in [2.45, 2.75) is 19.4 Å². The molecule has 0 aliphatic heterocycles. The summed E-state index contributed by atoms with van der Waals surface area (Å²) in [4.78, 5) is 11.8. The Hall–Kier alpha value is -2.06. The first-order valence-corrected chi connectivity index (χ1v) is 6.20. The molecule has 2 N–H and O–H groups in total. The van der Waals surface area contributed by atoms with Crippen molar-refractivity contribution in [3.63, 3.8) is 0 Å². The first kappa shape index (κ1) is 15.0. The summed E-state index contributed by atoms with van der Waals surface area (Å²) in [5.74, 6) is -0.0551. The SMILES string of the molecule is COCCCNC(=O)C(C)Nc1ccc(C#N)cc1. The van der Waals surface area contributed by atoms with Crippen LogP contribution in [0, 0.1) is 11.3 Å². The minimum absolute atomic E-state index is 0.0551. The number of rotatable bonds is 7. The smallest absolute Gasteiger partial charge is 0.242 e. The van der Waals surface area contributed by atoms with Gasteiger partial charge in [0.15, 0.2) is 0 Å². The van der Waals surface area contributed by atoms with E-state index in [1.54, 1.807) is 38.3 Å². The largest absolute Gasteiger partial charge is 0.385 e. The zero-order valence-electron chi connectivity index (χ0n) is 11.3. The van der Waals surface area contributed by atoms with Gasteiger partial charge in [-0.25, -0.2) is 0 Å². The minimum Gasteiger partial charge on any atom is -0.385 e. The predicted octanol–water partition coefficient (Wildman–Crippen LogP) is 1.51. The van der Waals surface area contributed by atoms with Crippen LogP contribution in [0.15, 0.2) is 24.3 Å². The third-order valence-corrected chi connectivity index (χ3v) is 2.61. The lowest BCUT2D eigenvalue weighted by Gasteiger charge is -2.15. The maximum absolute atomic E-state index is 11.8. The Labute approximate surface area is 113 Å². The Kier molecular flexibility index (Phi) is 6.41. The van der Waals surface area contributed by atoms with E-state index in [4.69, 9.17) is 10.00 Å². The summed E-state index contributed by atoms with van der Waals surface area (Å²) >= 11 is 0. The normalized spacial score (nSPS) is 11.4. The first-order valence-electron chi connectivity index (χ1n) is 6.20. The molecule has 102 valence electrons.